The number of nitrogens with one attached hydrogen (secondary N) is 1. The lowest BCUT2D eigenvalue weighted by atomic mass is 10.1. The summed E-state index contributed by atoms with van der Waals surface area (Å²) in [5.74, 6) is -0.504. The predicted octanol–water partition coefficient (Wildman–Crippen LogP) is 4.38. The average Bonchev–Trinajstić information content (AvgIpc) is 2.38. The molecule has 1 N–H and O–H groups in total. The molecule has 0 radical (unpaired) electrons. The summed E-state index contributed by atoms with van der Waals surface area (Å²) in [5, 5.41) is 12.0. The van der Waals surface area contributed by atoms with Crippen LogP contribution >= 0.6 is 15.9 Å². The largest absolute Gasteiger partial charge is 0.380 e. The summed E-state index contributed by atoms with van der Waals surface area (Å²) in [4.78, 5) is 0. The van der Waals surface area contributed by atoms with Gasteiger partial charge in [0.15, 0.2) is 0 Å². The lowest BCUT2D eigenvalue weighted by molar-refractivity contribution is 0.624. The molecule has 4 heteroatoms. The quantitative estimate of drug-likeness (QED) is 0.911. The predicted molar refractivity (Wildman–Crippen MR) is 77.3 cm³/mol. The highest BCUT2D eigenvalue weighted by Crippen LogP contribution is 2.22. The van der Waals surface area contributed by atoms with E-state index in [1.165, 1.54) is 11.6 Å². The van der Waals surface area contributed by atoms with Gasteiger partial charge in [-0.25, -0.2) is 4.39 Å². The molecule has 0 atom stereocenters. The summed E-state index contributed by atoms with van der Waals surface area (Å²) in [5.41, 5.74) is 2.78. The van der Waals surface area contributed by atoms with E-state index >= 15 is 0 Å². The maximum absolute atomic E-state index is 13.4. The van der Waals surface area contributed by atoms with E-state index in [1.807, 2.05) is 31.2 Å². The molecule has 96 valence electrons. The maximum Gasteiger partial charge on any atom is 0.143 e. The van der Waals surface area contributed by atoms with E-state index in [9.17, 15) is 4.39 Å². The van der Waals surface area contributed by atoms with Gasteiger partial charge in [-0.3, -0.25) is 0 Å². The lowest BCUT2D eigenvalue weighted by Gasteiger charge is -2.10. The van der Waals surface area contributed by atoms with Gasteiger partial charge in [0.2, 0.25) is 0 Å². The third-order valence-electron chi connectivity index (χ3n) is 2.80. The third-order valence-corrected chi connectivity index (χ3v) is 3.54. The monoisotopic (exact) mass is 318 g/mol. The first kappa shape index (κ1) is 13.6. The van der Waals surface area contributed by atoms with Crippen LogP contribution < -0.4 is 5.32 Å². The van der Waals surface area contributed by atoms with E-state index < -0.39 is 5.82 Å². The Balaban J connectivity index is 2.20. The Morgan fingerprint density at radius 3 is 2.79 bits per heavy atom. The minimum absolute atomic E-state index is 0.0470. The van der Waals surface area contributed by atoms with Gasteiger partial charge in [0.25, 0.3) is 0 Å². The van der Waals surface area contributed by atoms with Gasteiger partial charge in [-0.05, 0) is 36.2 Å². The van der Waals surface area contributed by atoms with Gasteiger partial charge in [0.05, 0.1) is 5.69 Å². The molecule has 0 aliphatic rings. The number of rotatable bonds is 3. The van der Waals surface area contributed by atoms with E-state index in [-0.39, 0.29) is 5.56 Å². The first-order valence-electron chi connectivity index (χ1n) is 5.79. The number of anilines is 1. The molecule has 2 rings (SSSR count). The smallest absolute Gasteiger partial charge is 0.143 e. The van der Waals surface area contributed by atoms with Crippen molar-refractivity contribution >= 4 is 21.6 Å². The van der Waals surface area contributed by atoms with Gasteiger partial charge >= 0.3 is 0 Å². The number of aryl methyl sites for hydroxylation is 1. The number of halogens is 2. The van der Waals surface area contributed by atoms with Gasteiger partial charge in [-0.1, -0.05) is 34.1 Å². The van der Waals surface area contributed by atoms with Crippen LogP contribution in [0.1, 0.15) is 16.7 Å². The summed E-state index contributed by atoms with van der Waals surface area (Å²) < 4.78 is 14.4. The lowest BCUT2D eigenvalue weighted by Crippen LogP contribution is -2.03. The van der Waals surface area contributed by atoms with Crippen molar-refractivity contribution in [3.8, 4) is 6.07 Å². The van der Waals surface area contributed by atoms with Crippen molar-refractivity contribution in [1.29, 1.82) is 5.26 Å². The van der Waals surface area contributed by atoms with Crippen molar-refractivity contribution in [2.75, 3.05) is 5.32 Å². The molecule has 0 aliphatic heterocycles. The molecule has 0 amide bonds. The Morgan fingerprint density at radius 2 is 2.11 bits per heavy atom. The summed E-state index contributed by atoms with van der Waals surface area (Å²) in [7, 11) is 0. The van der Waals surface area contributed by atoms with E-state index in [2.05, 4.69) is 21.2 Å². The molecular formula is C15H12BrFN2. The number of benzene rings is 2. The fraction of sp³-hybridized carbons (Fsp3) is 0.133. The Kier molecular flexibility index (Phi) is 4.18. The number of nitrogens with zero attached hydrogens (tertiary/aromatic N) is 1. The van der Waals surface area contributed by atoms with Crippen LogP contribution in [-0.2, 0) is 6.54 Å². The highest BCUT2D eigenvalue weighted by molar-refractivity contribution is 9.10. The zero-order chi connectivity index (χ0) is 13.8. The van der Waals surface area contributed by atoms with Crippen LogP contribution in [-0.4, -0.2) is 0 Å². The van der Waals surface area contributed by atoms with Gasteiger partial charge in [-0.2, -0.15) is 5.26 Å². The Bertz CT molecular complexity index is 647. The van der Waals surface area contributed by atoms with Gasteiger partial charge in [0.1, 0.15) is 17.4 Å². The molecule has 0 bridgehead atoms. The Morgan fingerprint density at radius 1 is 1.32 bits per heavy atom. The first-order chi connectivity index (χ1) is 9.11. The molecule has 0 saturated carbocycles. The van der Waals surface area contributed by atoms with E-state index in [1.54, 1.807) is 12.1 Å². The zero-order valence-electron chi connectivity index (χ0n) is 10.4. The van der Waals surface area contributed by atoms with Crippen LogP contribution in [0.3, 0.4) is 0 Å². The normalized spacial score (nSPS) is 10.0. The molecule has 0 heterocycles. The fourth-order valence-corrected chi connectivity index (χ4v) is 2.40. The summed E-state index contributed by atoms with van der Waals surface area (Å²) >= 11 is 3.49. The Labute approximate surface area is 120 Å². The molecule has 0 saturated heterocycles. The average molecular weight is 319 g/mol. The number of nitriles is 1. The second kappa shape index (κ2) is 5.85. The number of hydrogen-bond donors (Lipinski definition) is 1. The fourth-order valence-electron chi connectivity index (χ4n) is 1.77. The summed E-state index contributed by atoms with van der Waals surface area (Å²) in [6.07, 6.45) is 0. The summed E-state index contributed by atoms with van der Waals surface area (Å²) in [6, 6.07) is 12.5. The van der Waals surface area contributed by atoms with Crippen molar-refractivity contribution in [2.24, 2.45) is 0 Å². The van der Waals surface area contributed by atoms with Crippen LogP contribution in [0.4, 0.5) is 10.1 Å². The molecule has 0 unspecified atom stereocenters. The Hall–Kier alpha value is -1.86. The minimum Gasteiger partial charge on any atom is -0.380 e. The third kappa shape index (κ3) is 3.12. The van der Waals surface area contributed by atoms with E-state index in [0.717, 1.165) is 10.0 Å². The van der Waals surface area contributed by atoms with Crippen molar-refractivity contribution < 1.29 is 4.39 Å². The van der Waals surface area contributed by atoms with Crippen LogP contribution in [0.25, 0.3) is 0 Å². The number of hydrogen-bond acceptors (Lipinski definition) is 2. The molecule has 0 fully saturated rings. The second-order valence-electron chi connectivity index (χ2n) is 4.22. The van der Waals surface area contributed by atoms with Crippen molar-refractivity contribution in [3.05, 3.63) is 63.4 Å². The van der Waals surface area contributed by atoms with Gasteiger partial charge < -0.3 is 5.32 Å². The molecule has 0 aromatic heterocycles. The highest BCUT2D eigenvalue weighted by atomic mass is 79.9. The maximum atomic E-state index is 13.4. The summed E-state index contributed by atoms with van der Waals surface area (Å²) in [6.45, 7) is 2.54. The standard InChI is InChI=1S/C15H12BrFN2/c1-10-5-6-11(13(16)7-10)9-19-15-4-2-3-14(17)12(15)8-18/h2-7,19H,9H2,1H3. The molecule has 2 nitrogen and oxygen atoms in total. The van der Waals surface area contributed by atoms with E-state index in [4.69, 9.17) is 5.26 Å². The van der Waals surface area contributed by atoms with Crippen LogP contribution in [0.5, 0.6) is 0 Å². The SMILES string of the molecule is Cc1ccc(CNc2cccc(F)c2C#N)c(Br)c1. The van der Waals surface area contributed by atoms with Gasteiger partial charge in [-0.15, -0.1) is 0 Å². The topological polar surface area (TPSA) is 35.8 Å². The molecule has 19 heavy (non-hydrogen) atoms. The van der Waals surface area contributed by atoms with E-state index in [0.29, 0.717) is 12.2 Å². The van der Waals surface area contributed by atoms with Crippen molar-refractivity contribution in [3.63, 3.8) is 0 Å². The van der Waals surface area contributed by atoms with Crippen LogP contribution in [0.15, 0.2) is 40.9 Å². The minimum atomic E-state index is -0.504. The highest BCUT2D eigenvalue weighted by Gasteiger charge is 2.08. The van der Waals surface area contributed by atoms with Crippen molar-refractivity contribution in [1.82, 2.24) is 0 Å². The molecular weight excluding hydrogens is 307 g/mol. The van der Waals surface area contributed by atoms with Crippen LogP contribution in [0.2, 0.25) is 0 Å². The van der Waals surface area contributed by atoms with Crippen molar-refractivity contribution in [2.45, 2.75) is 13.5 Å². The molecule has 2 aromatic carbocycles. The first-order valence-corrected chi connectivity index (χ1v) is 6.58. The van der Waals surface area contributed by atoms with Crippen LogP contribution in [0, 0.1) is 24.1 Å². The molecule has 2 aromatic rings. The van der Waals surface area contributed by atoms with Gasteiger partial charge in [0, 0.05) is 11.0 Å². The molecule has 0 aliphatic carbocycles. The molecule has 0 spiro atoms. The zero-order valence-corrected chi connectivity index (χ0v) is 12.0. The second-order valence-corrected chi connectivity index (χ2v) is 5.08.